The molecule has 7 nitrogen and oxygen atoms in total. The second kappa shape index (κ2) is 11.8. The Morgan fingerprint density at radius 1 is 1.31 bits per heavy atom. The SMILES string of the molecule is CCNC(=NCC(O)COC(C)c1ccccc1)NC1CCN(C(=O)C(C)C)C1. The lowest BCUT2D eigenvalue weighted by molar-refractivity contribution is -0.133. The zero-order valence-electron chi connectivity index (χ0n) is 18.1. The fourth-order valence-corrected chi connectivity index (χ4v) is 3.28. The van der Waals surface area contributed by atoms with Crippen molar-refractivity contribution in [3.8, 4) is 0 Å². The number of aliphatic hydroxyl groups is 1. The van der Waals surface area contributed by atoms with Crippen molar-refractivity contribution in [2.75, 3.05) is 32.8 Å². The van der Waals surface area contributed by atoms with Gasteiger partial charge in [-0.25, -0.2) is 0 Å². The fraction of sp³-hybridized carbons (Fsp3) is 0.636. The highest BCUT2D eigenvalue weighted by atomic mass is 16.5. The molecule has 1 amide bonds. The third-order valence-corrected chi connectivity index (χ3v) is 4.95. The molecule has 162 valence electrons. The van der Waals surface area contributed by atoms with Crippen LogP contribution in [-0.2, 0) is 9.53 Å². The summed E-state index contributed by atoms with van der Waals surface area (Å²) in [7, 11) is 0. The van der Waals surface area contributed by atoms with Crippen LogP contribution in [0.2, 0.25) is 0 Å². The molecule has 3 N–H and O–H groups in total. The first-order valence-electron chi connectivity index (χ1n) is 10.6. The van der Waals surface area contributed by atoms with Crippen molar-refractivity contribution in [2.45, 2.75) is 52.4 Å². The minimum absolute atomic E-state index is 0.0177. The Hall–Kier alpha value is -2.12. The van der Waals surface area contributed by atoms with Gasteiger partial charge in [0.25, 0.3) is 0 Å². The van der Waals surface area contributed by atoms with Gasteiger partial charge in [0.2, 0.25) is 5.91 Å². The first kappa shape index (κ1) is 23.2. The van der Waals surface area contributed by atoms with Gasteiger partial charge in [0.15, 0.2) is 5.96 Å². The van der Waals surface area contributed by atoms with Crippen LogP contribution in [0.25, 0.3) is 0 Å². The monoisotopic (exact) mass is 404 g/mol. The number of amides is 1. The number of ether oxygens (including phenoxy) is 1. The lowest BCUT2D eigenvalue weighted by Crippen LogP contribution is -2.45. The van der Waals surface area contributed by atoms with Crippen LogP contribution in [0.1, 0.15) is 45.8 Å². The van der Waals surface area contributed by atoms with E-state index >= 15 is 0 Å². The first-order valence-corrected chi connectivity index (χ1v) is 10.6. The lowest BCUT2D eigenvalue weighted by atomic mass is 10.1. The van der Waals surface area contributed by atoms with E-state index in [1.807, 2.05) is 62.9 Å². The minimum atomic E-state index is -0.681. The van der Waals surface area contributed by atoms with Crippen LogP contribution in [0.3, 0.4) is 0 Å². The summed E-state index contributed by atoms with van der Waals surface area (Å²) in [5.74, 6) is 0.868. The number of benzene rings is 1. The molecule has 2 rings (SSSR count). The summed E-state index contributed by atoms with van der Waals surface area (Å²) in [6.45, 7) is 10.5. The Balaban J connectivity index is 1.80. The van der Waals surface area contributed by atoms with Gasteiger partial charge in [0, 0.05) is 31.6 Å². The molecule has 7 heteroatoms. The molecule has 1 aliphatic heterocycles. The Kier molecular flexibility index (Phi) is 9.41. The van der Waals surface area contributed by atoms with Crippen LogP contribution >= 0.6 is 0 Å². The first-order chi connectivity index (χ1) is 13.9. The van der Waals surface area contributed by atoms with E-state index in [1.54, 1.807) is 0 Å². The van der Waals surface area contributed by atoms with Gasteiger partial charge in [0.05, 0.1) is 25.4 Å². The van der Waals surface area contributed by atoms with Gasteiger partial charge in [-0.15, -0.1) is 0 Å². The van der Waals surface area contributed by atoms with Crippen molar-refractivity contribution in [3.05, 3.63) is 35.9 Å². The average Bonchev–Trinajstić information content (AvgIpc) is 3.18. The van der Waals surface area contributed by atoms with Gasteiger partial charge in [-0.2, -0.15) is 0 Å². The molecule has 3 unspecified atom stereocenters. The highest BCUT2D eigenvalue weighted by Crippen LogP contribution is 2.16. The third-order valence-electron chi connectivity index (χ3n) is 4.95. The predicted molar refractivity (Wildman–Crippen MR) is 116 cm³/mol. The van der Waals surface area contributed by atoms with E-state index in [-0.39, 0.29) is 37.1 Å². The van der Waals surface area contributed by atoms with Crippen molar-refractivity contribution < 1.29 is 14.6 Å². The maximum Gasteiger partial charge on any atom is 0.225 e. The van der Waals surface area contributed by atoms with E-state index in [2.05, 4.69) is 15.6 Å². The van der Waals surface area contributed by atoms with Crippen LogP contribution in [0.15, 0.2) is 35.3 Å². The zero-order valence-corrected chi connectivity index (χ0v) is 18.1. The van der Waals surface area contributed by atoms with Crippen molar-refractivity contribution in [1.29, 1.82) is 0 Å². The smallest absolute Gasteiger partial charge is 0.225 e. The Morgan fingerprint density at radius 2 is 2.03 bits per heavy atom. The molecular formula is C22H36N4O3. The lowest BCUT2D eigenvalue weighted by Gasteiger charge is -2.21. The Bertz CT molecular complexity index is 651. The van der Waals surface area contributed by atoms with Crippen LogP contribution < -0.4 is 10.6 Å². The largest absolute Gasteiger partial charge is 0.389 e. The fourth-order valence-electron chi connectivity index (χ4n) is 3.28. The number of aliphatic imine (C=N–C) groups is 1. The van der Waals surface area contributed by atoms with E-state index in [0.29, 0.717) is 12.5 Å². The number of guanidine groups is 1. The van der Waals surface area contributed by atoms with E-state index < -0.39 is 6.10 Å². The number of likely N-dealkylation sites (tertiary alicyclic amines) is 1. The molecule has 1 aromatic rings. The van der Waals surface area contributed by atoms with Crippen LogP contribution in [0.5, 0.6) is 0 Å². The van der Waals surface area contributed by atoms with Gasteiger partial charge in [0.1, 0.15) is 0 Å². The molecule has 0 saturated carbocycles. The predicted octanol–water partition coefficient (Wildman–Crippen LogP) is 1.94. The van der Waals surface area contributed by atoms with Crippen LogP contribution in [0.4, 0.5) is 0 Å². The second-order valence-electron chi connectivity index (χ2n) is 7.83. The summed E-state index contributed by atoms with van der Waals surface area (Å²) in [6.07, 6.45) is 0.131. The summed E-state index contributed by atoms with van der Waals surface area (Å²) in [5, 5.41) is 16.8. The molecule has 1 fully saturated rings. The number of rotatable bonds is 9. The number of carbonyl (C=O) groups is 1. The average molecular weight is 405 g/mol. The van der Waals surface area contributed by atoms with E-state index in [0.717, 1.165) is 25.1 Å². The number of aliphatic hydroxyl groups excluding tert-OH is 1. The van der Waals surface area contributed by atoms with Gasteiger partial charge >= 0.3 is 0 Å². The number of nitrogens with one attached hydrogen (secondary N) is 2. The highest BCUT2D eigenvalue weighted by Gasteiger charge is 2.28. The normalized spacial score (nSPS) is 19.3. The van der Waals surface area contributed by atoms with Crippen LogP contribution in [-0.4, -0.2) is 66.8 Å². The Labute approximate surface area is 174 Å². The molecule has 1 saturated heterocycles. The molecule has 0 radical (unpaired) electrons. The maximum absolute atomic E-state index is 12.2. The van der Waals surface area contributed by atoms with Crippen molar-refractivity contribution in [2.24, 2.45) is 10.9 Å². The molecule has 1 aliphatic rings. The standard InChI is InChI=1S/C22H36N4O3/c1-5-23-22(25-19-11-12-26(14-19)21(28)16(2)3)24-13-20(27)15-29-17(4)18-9-7-6-8-10-18/h6-10,16-17,19-20,27H,5,11-15H2,1-4H3,(H2,23,24,25). The molecule has 3 atom stereocenters. The Morgan fingerprint density at radius 3 is 2.69 bits per heavy atom. The van der Waals surface area contributed by atoms with E-state index in [4.69, 9.17) is 4.74 Å². The molecule has 0 aliphatic carbocycles. The molecular weight excluding hydrogens is 368 g/mol. The third kappa shape index (κ3) is 7.66. The topological polar surface area (TPSA) is 86.2 Å². The summed E-state index contributed by atoms with van der Waals surface area (Å²) in [4.78, 5) is 18.5. The van der Waals surface area contributed by atoms with Crippen LogP contribution in [0, 0.1) is 5.92 Å². The second-order valence-corrected chi connectivity index (χ2v) is 7.83. The highest BCUT2D eigenvalue weighted by molar-refractivity contribution is 5.81. The van der Waals surface area contributed by atoms with E-state index in [1.165, 1.54) is 0 Å². The van der Waals surface area contributed by atoms with Gasteiger partial charge < -0.3 is 25.4 Å². The molecule has 1 aromatic carbocycles. The minimum Gasteiger partial charge on any atom is -0.389 e. The zero-order chi connectivity index (χ0) is 21.2. The molecule has 0 bridgehead atoms. The van der Waals surface area contributed by atoms with Gasteiger partial charge in [-0.05, 0) is 25.8 Å². The molecule has 0 aromatic heterocycles. The summed E-state index contributed by atoms with van der Waals surface area (Å²) >= 11 is 0. The van der Waals surface area contributed by atoms with E-state index in [9.17, 15) is 9.90 Å². The quantitative estimate of drug-likeness (QED) is 0.433. The van der Waals surface area contributed by atoms with Gasteiger partial charge in [-0.3, -0.25) is 9.79 Å². The number of nitrogens with zero attached hydrogens (tertiary/aromatic N) is 2. The summed E-state index contributed by atoms with van der Waals surface area (Å²) in [5.41, 5.74) is 1.08. The maximum atomic E-state index is 12.2. The number of hydrogen-bond acceptors (Lipinski definition) is 4. The number of carbonyl (C=O) groups excluding carboxylic acids is 1. The van der Waals surface area contributed by atoms with Crippen molar-refractivity contribution in [1.82, 2.24) is 15.5 Å². The van der Waals surface area contributed by atoms with Gasteiger partial charge in [-0.1, -0.05) is 44.2 Å². The number of hydrogen-bond donors (Lipinski definition) is 3. The molecule has 0 spiro atoms. The summed E-state index contributed by atoms with van der Waals surface area (Å²) < 4.78 is 5.77. The molecule has 29 heavy (non-hydrogen) atoms. The molecule has 1 heterocycles. The van der Waals surface area contributed by atoms with Crippen molar-refractivity contribution >= 4 is 11.9 Å². The summed E-state index contributed by atoms with van der Waals surface area (Å²) in [6, 6.07) is 10.1. The van der Waals surface area contributed by atoms with Crippen molar-refractivity contribution in [3.63, 3.8) is 0 Å².